The summed E-state index contributed by atoms with van der Waals surface area (Å²) < 4.78 is 2.13. The van der Waals surface area contributed by atoms with Crippen molar-refractivity contribution in [2.24, 2.45) is 5.92 Å². The molecule has 2 aliphatic rings. The summed E-state index contributed by atoms with van der Waals surface area (Å²) in [6, 6.07) is 2.97. The van der Waals surface area contributed by atoms with Crippen LogP contribution < -0.4 is 5.32 Å². The molecule has 2 heterocycles. The van der Waals surface area contributed by atoms with E-state index >= 15 is 0 Å². The summed E-state index contributed by atoms with van der Waals surface area (Å²) in [6.07, 6.45) is 8.14. The van der Waals surface area contributed by atoms with Crippen LogP contribution in [0.25, 0.3) is 0 Å². The van der Waals surface area contributed by atoms with E-state index in [0.717, 1.165) is 25.7 Å². The first-order valence-electron chi connectivity index (χ1n) is 8.53. The van der Waals surface area contributed by atoms with Crippen molar-refractivity contribution in [2.45, 2.75) is 45.3 Å². The SMILES string of the molecule is CCn1ccc(CN(C)C(=O)NC[C@H]2CCN(C3CC3)C2)c1. The Morgan fingerprint density at radius 3 is 2.91 bits per heavy atom. The molecule has 1 saturated heterocycles. The number of rotatable bonds is 6. The number of urea groups is 1. The lowest BCUT2D eigenvalue weighted by Crippen LogP contribution is -2.39. The summed E-state index contributed by atoms with van der Waals surface area (Å²) in [4.78, 5) is 16.6. The Hall–Kier alpha value is -1.49. The highest BCUT2D eigenvalue weighted by molar-refractivity contribution is 5.73. The second kappa shape index (κ2) is 6.73. The van der Waals surface area contributed by atoms with Crippen LogP contribution in [0, 0.1) is 5.92 Å². The molecule has 1 atom stereocenters. The molecule has 5 nitrogen and oxygen atoms in total. The molecule has 1 N–H and O–H groups in total. The van der Waals surface area contributed by atoms with E-state index in [0.29, 0.717) is 12.5 Å². The van der Waals surface area contributed by atoms with Gasteiger partial charge in [0.25, 0.3) is 0 Å². The molecule has 0 spiro atoms. The lowest BCUT2D eigenvalue weighted by molar-refractivity contribution is 0.204. The molecular formula is C17H28N4O. The zero-order chi connectivity index (χ0) is 15.5. The normalized spacial score (nSPS) is 22.0. The Bertz CT molecular complexity index is 509. The van der Waals surface area contributed by atoms with E-state index in [9.17, 15) is 4.79 Å². The Morgan fingerprint density at radius 2 is 2.23 bits per heavy atom. The Labute approximate surface area is 133 Å². The van der Waals surface area contributed by atoms with Gasteiger partial charge in [0.05, 0.1) is 0 Å². The fourth-order valence-corrected chi connectivity index (χ4v) is 3.29. The molecule has 1 aliphatic carbocycles. The van der Waals surface area contributed by atoms with Gasteiger partial charge >= 0.3 is 6.03 Å². The third-order valence-electron chi connectivity index (χ3n) is 4.87. The van der Waals surface area contributed by atoms with Gasteiger partial charge in [0, 0.05) is 51.7 Å². The summed E-state index contributed by atoms with van der Waals surface area (Å²) in [5, 5.41) is 3.10. The molecule has 3 rings (SSSR count). The molecule has 5 heteroatoms. The molecule has 1 aliphatic heterocycles. The van der Waals surface area contributed by atoms with Gasteiger partial charge in [0.1, 0.15) is 0 Å². The monoisotopic (exact) mass is 304 g/mol. The van der Waals surface area contributed by atoms with Crippen molar-refractivity contribution < 1.29 is 4.79 Å². The molecule has 1 aromatic heterocycles. The quantitative estimate of drug-likeness (QED) is 0.874. The minimum absolute atomic E-state index is 0.0362. The van der Waals surface area contributed by atoms with Crippen molar-refractivity contribution in [3.63, 3.8) is 0 Å². The van der Waals surface area contributed by atoms with E-state index in [4.69, 9.17) is 0 Å². The molecule has 0 aromatic carbocycles. The topological polar surface area (TPSA) is 40.5 Å². The first-order valence-corrected chi connectivity index (χ1v) is 8.53. The molecule has 2 amide bonds. The molecule has 122 valence electrons. The highest BCUT2D eigenvalue weighted by atomic mass is 16.2. The summed E-state index contributed by atoms with van der Waals surface area (Å²) in [7, 11) is 1.86. The zero-order valence-corrected chi connectivity index (χ0v) is 13.8. The van der Waals surface area contributed by atoms with Crippen LogP contribution in [0.2, 0.25) is 0 Å². The fourth-order valence-electron chi connectivity index (χ4n) is 3.29. The number of hydrogen-bond donors (Lipinski definition) is 1. The molecule has 22 heavy (non-hydrogen) atoms. The van der Waals surface area contributed by atoms with E-state index in [1.807, 2.05) is 7.05 Å². The van der Waals surface area contributed by atoms with Crippen LogP contribution in [-0.2, 0) is 13.1 Å². The fraction of sp³-hybridized carbons (Fsp3) is 0.706. The highest BCUT2D eigenvalue weighted by Crippen LogP contribution is 2.31. The number of aromatic nitrogens is 1. The Morgan fingerprint density at radius 1 is 1.41 bits per heavy atom. The number of nitrogens with one attached hydrogen (secondary N) is 1. The van der Waals surface area contributed by atoms with E-state index < -0.39 is 0 Å². The van der Waals surface area contributed by atoms with Gasteiger partial charge in [-0.25, -0.2) is 4.79 Å². The van der Waals surface area contributed by atoms with Gasteiger partial charge in [0.2, 0.25) is 0 Å². The molecule has 0 bridgehead atoms. The van der Waals surface area contributed by atoms with Gasteiger partial charge in [-0.1, -0.05) is 0 Å². The van der Waals surface area contributed by atoms with E-state index in [1.54, 1.807) is 4.90 Å². The molecule has 1 saturated carbocycles. The number of amides is 2. The van der Waals surface area contributed by atoms with Crippen LogP contribution in [0.1, 0.15) is 31.7 Å². The van der Waals surface area contributed by atoms with Gasteiger partial charge in [-0.2, -0.15) is 0 Å². The van der Waals surface area contributed by atoms with E-state index in [1.165, 1.54) is 31.4 Å². The number of carbonyl (C=O) groups excluding carboxylic acids is 1. The van der Waals surface area contributed by atoms with Gasteiger partial charge in [0.15, 0.2) is 0 Å². The van der Waals surface area contributed by atoms with Gasteiger partial charge < -0.3 is 19.7 Å². The Balaban J connectivity index is 1.39. The van der Waals surface area contributed by atoms with Crippen molar-refractivity contribution in [1.82, 2.24) is 19.7 Å². The van der Waals surface area contributed by atoms with Crippen molar-refractivity contribution in [1.29, 1.82) is 0 Å². The van der Waals surface area contributed by atoms with Crippen LogP contribution in [0.5, 0.6) is 0 Å². The van der Waals surface area contributed by atoms with Gasteiger partial charge in [-0.3, -0.25) is 0 Å². The van der Waals surface area contributed by atoms with Gasteiger partial charge in [-0.15, -0.1) is 0 Å². The van der Waals surface area contributed by atoms with Gasteiger partial charge in [-0.05, 0) is 50.3 Å². The second-order valence-corrected chi connectivity index (χ2v) is 6.77. The van der Waals surface area contributed by atoms with Crippen LogP contribution in [-0.4, -0.2) is 53.1 Å². The summed E-state index contributed by atoms with van der Waals surface area (Å²) in [5.41, 5.74) is 1.18. The number of likely N-dealkylation sites (tertiary alicyclic amines) is 1. The maximum absolute atomic E-state index is 12.2. The average Bonchev–Trinajstić information content (AvgIpc) is 3.09. The summed E-state index contributed by atoms with van der Waals surface area (Å²) in [5.74, 6) is 0.624. The smallest absolute Gasteiger partial charge is 0.317 e. The minimum atomic E-state index is 0.0362. The van der Waals surface area contributed by atoms with Crippen molar-refractivity contribution in [3.8, 4) is 0 Å². The van der Waals surface area contributed by atoms with Crippen LogP contribution in [0.4, 0.5) is 4.79 Å². The van der Waals surface area contributed by atoms with Crippen molar-refractivity contribution in [3.05, 3.63) is 24.0 Å². The first kappa shape index (κ1) is 15.4. The van der Waals surface area contributed by atoms with Crippen LogP contribution in [0.3, 0.4) is 0 Å². The molecule has 0 radical (unpaired) electrons. The maximum atomic E-state index is 12.2. The zero-order valence-electron chi connectivity index (χ0n) is 13.8. The van der Waals surface area contributed by atoms with Crippen molar-refractivity contribution >= 4 is 6.03 Å². The first-order chi connectivity index (χ1) is 10.7. The van der Waals surface area contributed by atoms with Crippen LogP contribution >= 0.6 is 0 Å². The molecule has 0 unspecified atom stereocenters. The van der Waals surface area contributed by atoms with E-state index in [-0.39, 0.29) is 6.03 Å². The minimum Gasteiger partial charge on any atom is -0.354 e. The Kier molecular flexibility index (Phi) is 4.71. The summed E-state index contributed by atoms with van der Waals surface area (Å²) >= 11 is 0. The highest BCUT2D eigenvalue weighted by Gasteiger charge is 2.34. The predicted molar refractivity (Wildman–Crippen MR) is 87.7 cm³/mol. The summed E-state index contributed by atoms with van der Waals surface area (Å²) in [6.45, 7) is 6.93. The lowest BCUT2D eigenvalue weighted by Gasteiger charge is -2.19. The second-order valence-electron chi connectivity index (χ2n) is 6.77. The maximum Gasteiger partial charge on any atom is 0.317 e. The predicted octanol–water partition coefficient (Wildman–Crippen LogP) is 2.13. The standard InChI is InChI=1S/C17H28N4O/c1-3-20-8-6-15(12-20)11-19(2)17(22)18-10-14-7-9-21(13-14)16-4-5-16/h6,8,12,14,16H,3-5,7,9-11,13H2,1-2H3,(H,18,22)/t14-/m1/s1. The molecule has 1 aromatic rings. The number of aryl methyl sites for hydroxylation is 1. The largest absolute Gasteiger partial charge is 0.354 e. The van der Waals surface area contributed by atoms with Crippen LogP contribution in [0.15, 0.2) is 18.5 Å². The third-order valence-corrected chi connectivity index (χ3v) is 4.87. The number of carbonyl (C=O) groups is 1. The van der Waals surface area contributed by atoms with E-state index in [2.05, 4.69) is 40.2 Å². The lowest BCUT2D eigenvalue weighted by atomic mass is 10.1. The van der Waals surface area contributed by atoms with Crippen molar-refractivity contribution in [2.75, 3.05) is 26.7 Å². The number of nitrogens with zero attached hydrogens (tertiary/aromatic N) is 3. The third kappa shape index (κ3) is 3.83. The average molecular weight is 304 g/mol. The molecule has 2 fully saturated rings. The number of hydrogen-bond acceptors (Lipinski definition) is 2. The molecular weight excluding hydrogens is 276 g/mol.